The van der Waals surface area contributed by atoms with E-state index in [0.29, 0.717) is 5.69 Å². The third-order valence-corrected chi connectivity index (χ3v) is 2.44. The normalized spacial score (nSPS) is 12.6. The van der Waals surface area contributed by atoms with Crippen LogP contribution in [0.25, 0.3) is 0 Å². The zero-order chi connectivity index (χ0) is 10.7. The average Bonchev–Trinajstić information content (AvgIpc) is 2.86. The Hall–Kier alpha value is -1.84. The monoisotopic (exact) mass is 203 g/mol. The lowest BCUT2D eigenvalue weighted by Crippen LogP contribution is -2.13. The van der Waals surface area contributed by atoms with E-state index >= 15 is 0 Å². The van der Waals surface area contributed by atoms with Gasteiger partial charge in [0.05, 0.1) is 12.0 Å². The molecular weight excluding hydrogens is 190 g/mol. The predicted octanol–water partition coefficient (Wildman–Crippen LogP) is 1.76. The summed E-state index contributed by atoms with van der Waals surface area (Å²) >= 11 is 0. The molecule has 0 spiro atoms. The highest BCUT2D eigenvalue weighted by molar-refractivity contribution is 5.72. The van der Waals surface area contributed by atoms with Gasteiger partial charge in [0.25, 0.3) is 0 Å². The number of rotatable bonds is 4. The highest BCUT2D eigenvalue weighted by Gasteiger charge is 2.07. The van der Waals surface area contributed by atoms with Gasteiger partial charge in [-0.3, -0.25) is 4.79 Å². The van der Waals surface area contributed by atoms with Crippen LogP contribution in [-0.2, 0) is 6.54 Å². The SMILES string of the molecule is CC(Cn1ccnc1)n1cccc1C=O. The molecule has 15 heavy (non-hydrogen) atoms. The van der Waals surface area contributed by atoms with E-state index in [1.54, 1.807) is 12.5 Å². The molecular formula is C11H13N3O. The third-order valence-electron chi connectivity index (χ3n) is 2.44. The fraction of sp³-hybridized carbons (Fsp3) is 0.273. The molecule has 0 fully saturated rings. The number of aromatic nitrogens is 3. The van der Waals surface area contributed by atoms with Crippen molar-refractivity contribution in [2.45, 2.75) is 19.5 Å². The van der Waals surface area contributed by atoms with Crippen molar-refractivity contribution < 1.29 is 4.79 Å². The minimum atomic E-state index is 0.245. The summed E-state index contributed by atoms with van der Waals surface area (Å²) in [6.45, 7) is 2.89. The summed E-state index contributed by atoms with van der Waals surface area (Å²) in [5.41, 5.74) is 0.711. The Morgan fingerprint density at radius 3 is 3.07 bits per heavy atom. The number of nitrogens with zero attached hydrogens (tertiary/aromatic N) is 3. The molecule has 0 saturated carbocycles. The van der Waals surface area contributed by atoms with Gasteiger partial charge in [0, 0.05) is 31.2 Å². The lowest BCUT2D eigenvalue weighted by molar-refractivity contribution is 0.111. The molecule has 4 heteroatoms. The van der Waals surface area contributed by atoms with E-state index in [4.69, 9.17) is 0 Å². The van der Waals surface area contributed by atoms with Gasteiger partial charge in [-0.15, -0.1) is 0 Å². The lowest BCUT2D eigenvalue weighted by Gasteiger charge is -2.15. The fourth-order valence-electron chi connectivity index (χ4n) is 1.70. The van der Waals surface area contributed by atoms with Crippen LogP contribution in [0.1, 0.15) is 23.5 Å². The summed E-state index contributed by atoms with van der Waals surface area (Å²) in [5, 5.41) is 0. The minimum Gasteiger partial charge on any atom is -0.341 e. The molecule has 2 aromatic rings. The Labute approximate surface area is 88.2 Å². The first kappa shape index (κ1) is 9.71. The predicted molar refractivity (Wildman–Crippen MR) is 56.8 cm³/mol. The van der Waals surface area contributed by atoms with Gasteiger partial charge in [-0.25, -0.2) is 4.98 Å². The zero-order valence-corrected chi connectivity index (χ0v) is 8.58. The maximum atomic E-state index is 10.8. The molecule has 0 aromatic carbocycles. The molecule has 2 rings (SSSR count). The average molecular weight is 203 g/mol. The molecule has 2 aromatic heterocycles. The van der Waals surface area contributed by atoms with Gasteiger partial charge in [-0.1, -0.05) is 0 Å². The van der Waals surface area contributed by atoms with E-state index in [1.165, 1.54) is 0 Å². The second kappa shape index (κ2) is 4.13. The second-order valence-corrected chi connectivity index (χ2v) is 3.57. The van der Waals surface area contributed by atoms with Crippen molar-refractivity contribution in [2.24, 2.45) is 0 Å². The van der Waals surface area contributed by atoms with Crippen LogP contribution >= 0.6 is 0 Å². The first-order chi connectivity index (χ1) is 7.31. The van der Waals surface area contributed by atoms with Crippen molar-refractivity contribution in [3.63, 3.8) is 0 Å². The Bertz CT molecular complexity index is 430. The Morgan fingerprint density at radius 2 is 2.40 bits per heavy atom. The van der Waals surface area contributed by atoms with Crippen molar-refractivity contribution in [3.05, 3.63) is 42.7 Å². The first-order valence-corrected chi connectivity index (χ1v) is 4.89. The first-order valence-electron chi connectivity index (χ1n) is 4.89. The Morgan fingerprint density at radius 1 is 1.53 bits per heavy atom. The van der Waals surface area contributed by atoms with E-state index in [2.05, 4.69) is 11.9 Å². The quantitative estimate of drug-likeness (QED) is 0.710. The topological polar surface area (TPSA) is 39.8 Å². The van der Waals surface area contributed by atoms with Gasteiger partial charge in [0.2, 0.25) is 0 Å². The van der Waals surface area contributed by atoms with Crippen LogP contribution in [0.4, 0.5) is 0 Å². The molecule has 0 aliphatic carbocycles. The summed E-state index contributed by atoms with van der Waals surface area (Å²) in [6, 6.07) is 3.94. The molecule has 2 heterocycles. The van der Waals surface area contributed by atoms with Crippen LogP contribution < -0.4 is 0 Å². The number of carbonyl (C=O) groups is 1. The molecule has 0 aliphatic rings. The summed E-state index contributed by atoms with van der Waals surface area (Å²) in [6.07, 6.45) is 8.25. The highest BCUT2D eigenvalue weighted by atomic mass is 16.1. The summed E-state index contributed by atoms with van der Waals surface area (Å²) in [4.78, 5) is 14.7. The van der Waals surface area contributed by atoms with E-state index < -0.39 is 0 Å². The van der Waals surface area contributed by atoms with Crippen LogP contribution in [-0.4, -0.2) is 20.4 Å². The maximum Gasteiger partial charge on any atom is 0.166 e. The molecule has 78 valence electrons. The smallest absolute Gasteiger partial charge is 0.166 e. The highest BCUT2D eigenvalue weighted by Crippen LogP contribution is 2.12. The van der Waals surface area contributed by atoms with Gasteiger partial charge in [0.15, 0.2) is 6.29 Å². The van der Waals surface area contributed by atoms with Gasteiger partial charge in [0.1, 0.15) is 0 Å². The maximum absolute atomic E-state index is 10.8. The minimum absolute atomic E-state index is 0.245. The molecule has 0 amide bonds. The Balaban J connectivity index is 2.14. The van der Waals surface area contributed by atoms with Crippen LogP contribution in [0.2, 0.25) is 0 Å². The lowest BCUT2D eigenvalue weighted by atomic mass is 10.3. The summed E-state index contributed by atoms with van der Waals surface area (Å²) < 4.78 is 3.96. The van der Waals surface area contributed by atoms with E-state index in [0.717, 1.165) is 12.8 Å². The van der Waals surface area contributed by atoms with Crippen LogP contribution in [0.3, 0.4) is 0 Å². The number of imidazole rings is 1. The van der Waals surface area contributed by atoms with Crippen LogP contribution in [0.5, 0.6) is 0 Å². The van der Waals surface area contributed by atoms with E-state index in [-0.39, 0.29) is 6.04 Å². The molecule has 0 bridgehead atoms. The second-order valence-electron chi connectivity index (χ2n) is 3.57. The zero-order valence-electron chi connectivity index (χ0n) is 8.58. The van der Waals surface area contributed by atoms with Crippen molar-refractivity contribution in [2.75, 3.05) is 0 Å². The molecule has 4 nitrogen and oxygen atoms in total. The number of aldehydes is 1. The number of hydrogen-bond acceptors (Lipinski definition) is 2. The van der Waals surface area contributed by atoms with Crippen molar-refractivity contribution in [1.29, 1.82) is 0 Å². The number of carbonyl (C=O) groups excluding carboxylic acids is 1. The van der Waals surface area contributed by atoms with Gasteiger partial charge < -0.3 is 9.13 Å². The molecule has 0 aliphatic heterocycles. The number of hydrogen-bond donors (Lipinski definition) is 0. The van der Waals surface area contributed by atoms with Crippen LogP contribution in [0.15, 0.2) is 37.1 Å². The molecule has 0 N–H and O–H groups in total. The van der Waals surface area contributed by atoms with Crippen molar-refractivity contribution in [1.82, 2.24) is 14.1 Å². The molecule has 0 radical (unpaired) electrons. The van der Waals surface area contributed by atoms with Gasteiger partial charge in [-0.05, 0) is 19.1 Å². The van der Waals surface area contributed by atoms with E-state index in [1.807, 2.05) is 33.7 Å². The molecule has 0 saturated heterocycles. The summed E-state index contributed by atoms with van der Waals surface area (Å²) in [7, 11) is 0. The fourth-order valence-corrected chi connectivity index (χ4v) is 1.70. The van der Waals surface area contributed by atoms with Crippen LogP contribution in [0, 0.1) is 0 Å². The van der Waals surface area contributed by atoms with E-state index in [9.17, 15) is 4.79 Å². The molecule has 1 unspecified atom stereocenters. The summed E-state index contributed by atoms with van der Waals surface area (Å²) in [5.74, 6) is 0. The molecule has 1 atom stereocenters. The largest absolute Gasteiger partial charge is 0.341 e. The van der Waals surface area contributed by atoms with Gasteiger partial charge in [-0.2, -0.15) is 0 Å². The van der Waals surface area contributed by atoms with Crippen molar-refractivity contribution >= 4 is 6.29 Å². The van der Waals surface area contributed by atoms with Crippen molar-refractivity contribution in [3.8, 4) is 0 Å². The Kier molecular flexibility index (Phi) is 2.67. The third kappa shape index (κ3) is 1.98. The van der Waals surface area contributed by atoms with Gasteiger partial charge >= 0.3 is 0 Å². The standard InChI is InChI=1S/C11H13N3O/c1-10(7-13-6-4-12-9-13)14-5-2-3-11(14)8-15/h2-6,8-10H,7H2,1H3.